The van der Waals surface area contributed by atoms with E-state index in [-0.39, 0.29) is 23.8 Å². The largest absolute Gasteiger partial charge is 0.412 e. The van der Waals surface area contributed by atoms with Crippen molar-refractivity contribution in [2.75, 3.05) is 44.2 Å². The molecular formula is C28H40Cl2N4O2. The fourth-order valence-electron chi connectivity index (χ4n) is 6.26. The molecule has 2 saturated heterocycles. The summed E-state index contributed by atoms with van der Waals surface area (Å²) in [5.41, 5.74) is 10.9. The average molecular weight is 536 g/mol. The second kappa shape index (κ2) is 12.6. The van der Waals surface area contributed by atoms with E-state index >= 15 is 0 Å². The van der Waals surface area contributed by atoms with Crippen molar-refractivity contribution in [3.05, 3.63) is 58.6 Å². The lowest BCUT2D eigenvalue weighted by molar-refractivity contribution is -0.134. The first-order valence-electron chi connectivity index (χ1n) is 13.0. The van der Waals surface area contributed by atoms with E-state index in [0.717, 1.165) is 76.4 Å². The Kier molecular flexibility index (Phi) is 10.1. The smallest absolute Gasteiger partial charge is 0.238 e. The number of fused-ring (bicyclic) bond motifs is 2. The van der Waals surface area contributed by atoms with E-state index in [1.54, 1.807) is 0 Å². The first kappa shape index (κ1) is 28.7. The van der Waals surface area contributed by atoms with E-state index < -0.39 is 5.54 Å². The number of primary amides is 1. The molecule has 0 radical (unpaired) electrons. The highest BCUT2D eigenvalue weighted by Crippen LogP contribution is 2.38. The Morgan fingerprint density at radius 1 is 0.889 bits per heavy atom. The summed E-state index contributed by atoms with van der Waals surface area (Å²) in [5.74, 6) is -0.122. The number of piperidine rings is 2. The summed E-state index contributed by atoms with van der Waals surface area (Å²) in [6.07, 6.45) is 8.50. The molecule has 8 heteroatoms. The molecule has 5 rings (SSSR count). The van der Waals surface area contributed by atoms with Crippen molar-refractivity contribution in [1.29, 1.82) is 0 Å². The predicted octanol–water partition coefficient (Wildman–Crippen LogP) is 4.37. The van der Waals surface area contributed by atoms with Gasteiger partial charge in [0, 0.05) is 36.0 Å². The zero-order chi connectivity index (χ0) is 23.5. The molecule has 198 valence electrons. The van der Waals surface area contributed by atoms with Gasteiger partial charge in [-0.05, 0) is 93.9 Å². The highest BCUT2D eigenvalue weighted by Gasteiger charge is 2.44. The maximum Gasteiger partial charge on any atom is 0.238 e. The van der Waals surface area contributed by atoms with Crippen molar-refractivity contribution >= 4 is 41.3 Å². The van der Waals surface area contributed by atoms with Gasteiger partial charge in [-0.2, -0.15) is 0 Å². The number of carbonyl (C=O) groups excluding carboxylic acids is 1. The van der Waals surface area contributed by atoms with Crippen LogP contribution in [-0.2, 0) is 17.6 Å². The van der Waals surface area contributed by atoms with Crippen LogP contribution in [0.1, 0.15) is 49.7 Å². The standard InChI is InChI=1S/C28H37ClN4O.ClH.H2O/c29-24-12-11-23-10-9-22-7-2-3-8-25(22)33(26(23)21-24)18-6-15-31-19-13-28(14-20-31,27(30)34)32-16-4-1-5-17-32;;/h2-3,7-8,11-12,21H,1,4-6,9-10,13-20H2,(H2,30,34);1H;1H2. The van der Waals surface area contributed by atoms with Crippen LogP contribution in [0.3, 0.4) is 0 Å². The number of hydrogen-bond acceptors (Lipinski definition) is 4. The van der Waals surface area contributed by atoms with Gasteiger partial charge in [0.05, 0.1) is 0 Å². The SMILES string of the molecule is Cl.NC(=O)C1(N2CCCCC2)CCN(CCCN2c3ccccc3CCc3ccc(Cl)cc32)CC1.O. The number of carbonyl (C=O) groups is 1. The predicted molar refractivity (Wildman–Crippen MR) is 151 cm³/mol. The van der Waals surface area contributed by atoms with Gasteiger partial charge in [0.2, 0.25) is 5.91 Å². The summed E-state index contributed by atoms with van der Waals surface area (Å²) in [6, 6.07) is 15.1. The molecule has 0 spiro atoms. The molecule has 2 fully saturated rings. The first-order valence-corrected chi connectivity index (χ1v) is 13.4. The zero-order valence-corrected chi connectivity index (χ0v) is 22.6. The molecule has 0 saturated carbocycles. The topological polar surface area (TPSA) is 84.3 Å². The molecule has 36 heavy (non-hydrogen) atoms. The van der Waals surface area contributed by atoms with Gasteiger partial charge >= 0.3 is 0 Å². The van der Waals surface area contributed by atoms with E-state index in [4.69, 9.17) is 17.3 Å². The number of para-hydroxylation sites is 1. The Morgan fingerprint density at radius 3 is 2.25 bits per heavy atom. The van der Waals surface area contributed by atoms with Gasteiger partial charge in [-0.1, -0.05) is 42.3 Å². The highest BCUT2D eigenvalue weighted by atomic mass is 35.5. The summed E-state index contributed by atoms with van der Waals surface area (Å²) >= 11 is 6.42. The summed E-state index contributed by atoms with van der Waals surface area (Å²) in [6.45, 7) is 5.90. The summed E-state index contributed by atoms with van der Waals surface area (Å²) < 4.78 is 0. The third-order valence-corrected chi connectivity index (χ3v) is 8.48. The normalized spacial score (nSPS) is 19.8. The molecule has 3 heterocycles. The van der Waals surface area contributed by atoms with Crippen LogP contribution in [-0.4, -0.2) is 66.0 Å². The molecule has 0 aromatic heterocycles. The second-order valence-corrected chi connectivity index (χ2v) is 10.6. The molecule has 4 N–H and O–H groups in total. The number of likely N-dealkylation sites (tertiary alicyclic amines) is 2. The highest BCUT2D eigenvalue weighted by molar-refractivity contribution is 6.30. The van der Waals surface area contributed by atoms with E-state index in [0.29, 0.717) is 0 Å². The summed E-state index contributed by atoms with van der Waals surface area (Å²) in [5, 5.41) is 0.791. The Hall–Kier alpha value is -1.83. The number of nitrogens with two attached hydrogens (primary N) is 1. The minimum Gasteiger partial charge on any atom is -0.412 e. The molecular weight excluding hydrogens is 495 g/mol. The van der Waals surface area contributed by atoms with Crippen molar-refractivity contribution < 1.29 is 10.3 Å². The second-order valence-electron chi connectivity index (χ2n) is 10.2. The Labute approximate surface area is 226 Å². The number of amides is 1. The van der Waals surface area contributed by atoms with Gasteiger partial charge in [-0.3, -0.25) is 9.69 Å². The fourth-order valence-corrected chi connectivity index (χ4v) is 6.43. The number of halogens is 2. The van der Waals surface area contributed by atoms with Crippen LogP contribution in [0, 0.1) is 0 Å². The molecule has 3 aliphatic heterocycles. The monoisotopic (exact) mass is 534 g/mol. The van der Waals surface area contributed by atoms with Crippen molar-refractivity contribution in [2.24, 2.45) is 5.73 Å². The van der Waals surface area contributed by atoms with E-state index in [2.05, 4.69) is 51.1 Å². The van der Waals surface area contributed by atoms with Crippen molar-refractivity contribution in [3.63, 3.8) is 0 Å². The molecule has 1 amide bonds. The number of anilines is 2. The van der Waals surface area contributed by atoms with Gasteiger partial charge in [-0.15, -0.1) is 12.4 Å². The van der Waals surface area contributed by atoms with Crippen molar-refractivity contribution in [1.82, 2.24) is 9.80 Å². The first-order chi connectivity index (χ1) is 16.6. The lowest BCUT2D eigenvalue weighted by Crippen LogP contribution is -2.63. The van der Waals surface area contributed by atoms with Gasteiger partial charge in [0.15, 0.2) is 0 Å². The van der Waals surface area contributed by atoms with Gasteiger partial charge in [0.25, 0.3) is 0 Å². The van der Waals surface area contributed by atoms with Gasteiger partial charge < -0.3 is 21.0 Å². The number of rotatable bonds is 6. The average Bonchev–Trinajstić information content (AvgIpc) is 3.02. The van der Waals surface area contributed by atoms with Gasteiger partial charge in [-0.25, -0.2) is 0 Å². The third-order valence-electron chi connectivity index (χ3n) is 8.24. The molecule has 6 nitrogen and oxygen atoms in total. The zero-order valence-electron chi connectivity index (χ0n) is 21.1. The summed E-state index contributed by atoms with van der Waals surface area (Å²) in [7, 11) is 0. The molecule has 0 bridgehead atoms. The van der Waals surface area contributed by atoms with E-state index in [1.807, 2.05) is 6.07 Å². The van der Waals surface area contributed by atoms with Crippen LogP contribution >= 0.6 is 24.0 Å². The molecule has 0 atom stereocenters. The summed E-state index contributed by atoms with van der Waals surface area (Å²) in [4.78, 5) is 19.9. The van der Waals surface area contributed by atoms with E-state index in [9.17, 15) is 4.79 Å². The van der Waals surface area contributed by atoms with Crippen molar-refractivity contribution in [3.8, 4) is 0 Å². The van der Waals surface area contributed by atoms with Crippen LogP contribution in [0.5, 0.6) is 0 Å². The van der Waals surface area contributed by atoms with Crippen molar-refractivity contribution in [2.45, 2.75) is 56.9 Å². The maximum atomic E-state index is 12.5. The lowest BCUT2D eigenvalue weighted by Gasteiger charge is -2.48. The molecule has 0 aliphatic carbocycles. The molecule has 2 aromatic rings. The van der Waals surface area contributed by atoms with E-state index in [1.165, 1.54) is 41.8 Å². The number of hydrogen-bond donors (Lipinski definition) is 1. The minimum atomic E-state index is -0.434. The van der Waals surface area contributed by atoms with Crippen LogP contribution in [0.15, 0.2) is 42.5 Å². The maximum absolute atomic E-state index is 12.5. The Morgan fingerprint density at radius 2 is 1.56 bits per heavy atom. The number of benzene rings is 2. The fraction of sp³-hybridized carbons (Fsp3) is 0.536. The number of aryl methyl sites for hydroxylation is 2. The van der Waals surface area contributed by atoms with Crippen LogP contribution in [0.25, 0.3) is 0 Å². The minimum absolute atomic E-state index is 0. The lowest BCUT2D eigenvalue weighted by atomic mass is 9.83. The molecule has 3 aliphatic rings. The third kappa shape index (κ3) is 5.84. The Balaban J connectivity index is 0.00000180. The number of nitrogens with zero attached hydrogens (tertiary/aromatic N) is 3. The van der Waals surface area contributed by atoms with Gasteiger partial charge in [0.1, 0.15) is 5.54 Å². The van der Waals surface area contributed by atoms with Crippen LogP contribution in [0.2, 0.25) is 5.02 Å². The quantitative estimate of drug-likeness (QED) is 0.596. The van der Waals surface area contributed by atoms with Crippen LogP contribution < -0.4 is 10.6 Å². The Bertz CT molecular complexity index is 1020. The molecule has 0 unspecified atom stereocenters. The molecule has 2 aromatic carbocycles. The van der Waals surface area contributed by atoms with Crippen LogP contribution in [0.4, 0.5) is 11.4 Å².